The van der Waals surface area contributed by atoms with Crippen LogP contribution in [0, 0.1) is 0 Å². The average molecular weight is 325 g/mol. The molecular formula is C18H23N5O. The van der Waals surface area contributed by atoms with Crippen molar-refractivity contribution in [1.82, 2.24) is 15.4 Å². The number of anilines is 1. The zero-order chi connectivity index (χ0) is 17.2. The van der Waals surface area contributed by atoms with Crippen molar-refractivity contribution in [2.45, 2.75) is 26.7 Å². The van der Waals surface area contributed by atoms with E-state index in [1.165, 1.54) is 24.3 Å². The van der Waals surface area contributed by atoms with Crippen LogP contribution in [-0.4, -0.2) is 35.2 Å². The zero-order valence-corrected chi connectivity index (χ0v) is 14.1. The van der Waals surface area contributed by atoms with Crippen LogP contribution in [0.5, 0.6) is 0 Å². The minimum absolute atomic E-state index is 0.236. The molecule has 0 saturated heterocycles. The van der Waals surface area contributed by atoms with Crippen LogP contribution in [0.4, 0.5) is 5.69 Å². The Morgan fingerprint density at radius 3 is 2.46 bits per heavy atom. The average Bonchev–Trinajstić information content (AvgIpc) is 2.63. The van der Waals surface area contributed by atoms with Gasteiger partial charge in [-0.05, 0) is 30.5 Å². The molecule has 1 aromatic heterocycles. The molecule has 1 aromatic carbocycles. The lowest BCUT2D eigenvalue weighted by molar-refractivity contribution is 0.0949. The Hall–Kier alpha value is -2.76. The topological polar surface area (TPSA) is 70.5 Å². The van der Waals surface area contributed by atoms with Crippen molar-refractivity contribution in [2.24, 2.45) is 5.10 Å². The zero-order valence-electron chi connectivity index (χ0n) is 14.1. The molecule has 1 heterocycles. The number of carbonyl (C=O) groups excluding carboxylic acids is 1. The Labute approximate surface area is 142 Å². The predicted molar refractivity (Wildman–Crippen MR) is 96.3 cm³/mol. The minimum atomic E-state index is -0.381. The third-order valence-electron chi connectivity index (χ3n) is 3.42. The quantitative estimate of drug-likeness (QED) is 0.598. The first-order chi connectivity index (χ1) is 11.7. The van der Waals surface area contributed by atoms with E-state index in [0.717, 1.165) is 31.5 Å². The van der Waals surface area contributed by atoms with E-state index in [0.29, 0.717) is 0 Å². The van der Waals surface area contributed by atoms with Gasteiger partial charge in [-0.2, -0.15) is 5.10 Å². The number of hydrogen-bond donors (Lipinski definition) is 1. The van der Waals surface area contributed by atoms with E-state index in [4.69, 9.17) is 0 Å². The highest BCUT2D eigenvalue weighted by atomic mass is 16.2. The molecule has 0 bridgehead atoms. The molecule has 1 N–H and O–H groups in total. The van der Waals surface area contributed by atoms with Gasteiger partial charge >= 0.3 is 0 Å². The second-order valence-corrected chi connectivity index (χ2v) is 5.37. The fourth-order valence-electron chi connectivity index (χ4n) is 2.32. The number of hydrazone groups is 1. The SMILES string of the molecule is CCCN(CCC)c1ccc(/C=N\NC(=O)c2cnccn2)cc1. The second kappa shape index (κ2) is 9.39. The van der Waals surface area contributed by atoms with E-state index in [2.05, 4.69) is 51.4 Å². The summed E-state index contributed by atoms with van der Waals surface area (Å²) in [6.07, 6.45) is 8.24. The molecule has 2 aromatic rings. The van der Waals surface area contributed by atoms with E-state index < -0.39 is 0 Å². The van der Waals surface area contributed by atoms with Crippen molar-refractivity contribution >= 4 is 17.8 Å². The minimum Gasteiger partial charge on any atom is -0.372 e. The number of carbonyl (C=O) groups is 1. The van der Waals surface area contributed by atoms with E-state index >= 15 is 0 Å². The summed E-state index contributed by atoms with van der Waals surface area (Å²) in [4.78, 5) is 21.9. The number of benzene rings is 1. The summed E-state index contributed by atoms with van der Waals surface area (Å²) in [6, 6.07) is 8.14. The Balaban J connectivity index is 1.94. The molecular weight excluding hydrogens is 302 g/mol. The Bertz CT molecular complexity index is 649. The largest absolute Gasteiger partial charge is 0.372 e. The van der Waals surface area contributed by atoms with Gasteiger partial charge in [-0.15, -0.1) is 0 Å². The van der Waals surface area contributed by atoms with Gasteiger partial charge in [0.1, 0.15) is 5.69 Å². The lowest BCUT2D eigenvalue weighted by Crippen LogP contribution is -2.24. The molecule has 126 valence electrons. The van der Waals surface area contributed by atoms with Crippen LogP contribution in [0.1, 0.15) is 42.7 Å². The van der Waals surface area contributed by atoms with Crippen LogP contribution < -0.4 is 10.3 Å². The molecule has 0 fully saturated rings. The number of nitrogens with zero attached hydrogens (tertiary/aromatic N) is 4. The smallest absolute Gasteiger partial charge is 0.291 e. The molecule has 0 saturated carbocycles. The van der Waals surface area contributed by atoms with E-state index in [1.807, 2.05) is 12.1 Å². The molecule has 6 heteroatoms. The van der Waals surface area contributed by atoms with Crippen LogP contribution in [0.3, 0.4) is 0 Å². The maximum absolute atomic E-state index is 11.8. The molecule has 0 spiro atoms. The van der Waals surface area contributed by atoms with Gasteiger partial charge in [-0.1, -0.05) is 26.0 Å². The van der Waals surface area contributed by atoms with Crippen molar-refractivity contribution in [3.8, 4) is 0 Å². The molecule has 0 radical (unpaired) electrons. The maximum atomic E-state index is 11.8. The van der Waals surface area contributed by atoms with Crippen LogP contribution in [0.25, 0.3) is 0 Å². The lowest BCUT2D eigenvalue weighted by Gasteiger charge is -2.23. The van der Waals surface area contributed by atoms with Crippen LogP contribution in [-0.2, 0) is 0 Å². The Kier molecular flexibility index (Phi) is 6.89. The molecule has 0 unspecified atom stereocenters. The lowest BCUT2D eigenvalue weighted by atomic mass is 10.2. The normalized spacial score (nSPS) is 10.8. The van der Waals surface area contributed by atoms with Crippen LogP contribution in [0.2, 0.25) is 0 Å². The molecule has 0 aliphatic heterocycles. The van der Waals surface area contributed by atoms with Crippen molar-refractivity contribution in [2.75, 3.05) is 18.0 Å². The molecule has 0 atom stereocenters. The van der Waals surface area contributed by atoms with Gasteiger partial charge in [0.2, 0.25) is 0 Å². The Morgan fingerprint density at radius 1 is 1.17 bits per heavy atom. The van der Waals surface area contributed by atoms with E-state index in [9.17, 15) is 4.79 Å². The van der Waals surface area contributed by atoms with E-state index in [1.54, 1.807) is 6.21 Å². The summed E-state index contributed by atoms with van der Waals surface area (Å²) in [5, 5.41) is 3.96. The van der Waals surface area contributed by atoms with Crippen LogP contribution >= 0.6 is 0 Å². The first kappa shape index (κ1) is 17.6. The number of rotatable bonds is 8. The standard InChI is InChI=1S/C18H23N5O/c1-3-11-23(12-4-2)16-7-5-15(6-8-16)13-21-22-18(24)17-14-19-9-10-20-17/h5-10,13-14H,3-4,11-12H2,1-2H3,(H,22,24)/b21-13-. The molecule has 6 nitrogen and oxygen atoms in total. The van der Waals surface area contributed by atoms with Gasteiger partial charge in [0.05, 0.1) is 12.4 Å². The Morgan fingerprint density at radius 2 is 1.88 bits per heavy atom. The highest BCUT2D eigenvalue weighted by Gasteiger charge is 2.05. The van der Waals surface area contributed by atoms with Crippen molar-refractivity contribution in [1.29, 1.82) is 0 Å². The molecule has 0 aliphatic rings. The third kappa shape index (κ3) is 5.15. The number of aromatic nitrogens is 2. The summed E-state index contributed by atoms with van der Waals surface area (Å²) in [6.45, 7) is 6.47. The second-order valence-electron chi connectivity index (χ2n) is 5.37. The highest BCUT2D eigenvalue weighted by Crippen LogP contribution is 2.15. The van der Waals surface area contributed by atoms with Crippen LogP contribution in [0.15, 0.2) is 48.0 Å². The van der Waals surface area contributed by atoms with Gasteiger partial charge in [0, 0.05) is 31.2 Å². The number of nitrogens with one attached hydrogen (secondary N) is 1. The first-order valence-electron chi connectivity index (χ1n) is 8.19. The van der Waals surface area contributed by atoms with Gasteiger partial charge in [-0.25, -0.2) is 10.4 Å². The molecule has 24 heavy (non-hydrogen) atoms. The highest BCUT2D eigenvalue weighted by molar-refractivity contribution is 5.92. The fraction of sp³-hybridized carbons (Fsp3) is 0.333. The monoisotopic (exact) mass is 325 g/mol. The van der Waals surface area contributed by atoms with Gasteiger partial charge in [-0.3, -0.25) is 9.78 Å². The number of amides is 1. The van der Waals surface area contributed by atoms with E-state index in [-0.39, 0.29) is 11.6 Å². The van der Waals surface area contributed by atoms with Crippen molar-refractivity contribution < 1.29 is 4.79 Å². The fourth-order valence-corrected chi connectivity index (χ4v) is 2.32. The summed E-state index contributed by atoms with van der Waals surface area (Å²) in [5.41, 5.74) is 4.81. The van der Waals surface area contributed by atoms with Gasteiger partial charge < -0.3 is 4.90 Å². The molecule has 2 rings (SSSR count). The third-order valence-corrected chi connectivity index (χ3v) is 3.42. The van der Waals surface area contributed by atoms with Gasteiger partial charge in [0.15, 0.2) is 0 Å². The summed E-state index contributed by atoms with van der Waals surface area (Å²) < 4.78 is 0. The molecule has 0 aliphatic carbocycles. The summed E-state index contributed by atoms with van der Waals surface area (Å²) >= 11 is 0. The predicted octanol–water partition coefficient (Wildman–Crippen LogP) is 2.87. The van der Waals surface area contributed by atoms with Gasteiger partial charge in [0.25, 0.3) is 5.91 Å². The maximum Gasteiger partial charge on any atom is 0.291 e. The first-order valence-corrected chi connectivity index (χ1v) is 8.19. The van der Waals surface area contributed by atoms with Crippen molar-refractivity contribution in [3.63, 3.8) is 0 Å². The summed E-state index contributed by atoms with van der Waals surface area (Å²) in [5.74, 6) is -0.381. The number of hydrogen-bond acceptors (Lipinski definition) is 5. The summed E-state index contributed by atoms with van der Waals surface area (Å²) in [7, 11) is 0. The molecule has 1 amide bonds. The van der Waals surface area contributed by atoms with Crippen molar-refractivity contribution in [3.05, 3.63) is 54.1 Å².